The van der Waals surface area contributed by atoms with Crippen LogP contribution < -0.4 is 0 Å². The molecule has 0 bridgehead atoms. The average molecular weight is 667 g/mol. The molecule has 0 saturated heterocycles. The third kappa shape index (κ3) is 4.34. The third-order valence-corrected chi connectivity index (χ3v) is 12.5. The Hall–Kier alpha value is -5.72. The lowest BCUT2D eigenvalue weighted by Gasteiger charge is -2.24. The first kappa shape index (κ1) is 31.1. The number of aryl methyl sites for hydroxylation is 1. The van der Waals surface area contributed by atoms with Crippen molar-refractivity contribution in [2.45, 2.75) is 51.9 Å². The van der Waals surface area contributed by atoms with Crippen molar-refractivity contribution in [1.29, 1.82) is 0 Å². The van der Waals surface area contributed by atoms with Crippen molar-refractivity contribution in [2.75, 3.05) is 0 Å². The van der Waals surface area contributed by atoms with Crippen LogP contribution >= 0.6 is 0 Å². The Balaban J connectivity index is 1.10. The Kier molecular flexibility index (Phi) is 6.65. The van der Waals surface area contributed by atoms with E-state index in [4.69, 9.17) is 0 Å². The highest BCUT2D eigenvalue weighted by Crippen LogP contribution is 2.53. The molecule has 0 heteroatoms. The fraction of sp³-hybridized carbons (Fsp3) is 0.154. The third-order valence-electron chi connectivity index (χ3n) is 12.5. The van der Waals surface area contributed by atoms with E-state index >= 15 is 0 Å². The van der Waals surface area contributed by atoms with E-state index in [1.54, 1.807) is 0 Å². The van der Waals surface area contributed by atoms with Gasteiger partial charge in [0.05, 0.1) is 0 Å². The highest BCUT2D eigenvalue weighted by molar-refractivity contribution is 6.21. The Morgan fingerprint density at radius 3 is 1.21 bits per heavy atom. The highest BCUT2D eigenvalue weighted by Gasteiger charge is 2.37. The lowest BCUT2D eigenvalue weighted by molar-refractivity contribution is 0.659. The van der Waals surface area contributed by atoms with Gasteiger partial charge in [0.15, 0.2) is 0 Å². The molecule has 8 aromatic carbocycles. The quantitative estimate of drug-likeness (QED) is 0.164. The molecule has 0 aromatic heterocycles. The summed E-state index contributed by atoms with van der Waals surface area (Å²) in [4.78, 5) is 0. The Morgan fingerprint density at radius 1 is 0.346 bits per heavy atom. The van der Waals surface area contributed by atoms with Gasteiger partial charge in [0.2, 0.25) is 0 Å². The normalized spacial score (nSPS) is 14.6. The number of hydrogen-bond acceptors (Lipinski definition) is 0. The van der Waals surface area contributed by atoms with E-state index in [-0.39, 0.29) is 10.8 Å². The Bertz CT molecular complexity index is 2700. The SMILES string of the molecule is CCc1ccc(-c2c3ccccc3c(-c3ccc4c(c3)C(C)(C)c3cc(-c5ccc6c(c5)C(C)(C)c5ccccc5-6)ccc3-4)c3ccccc23)cc1. The molecule has 0 amide bonds. The lowest BCUT2D eigenvalue weighted by atomic mass is 9.79. The van der Waals surface area contributed by atoms with Crippen molar-refractivity contribution in [1.82, 2.24) is 0 Å². The first-order chi connectivity index (χ1) is 25.3. The van der Waals surface area contributed by atoms with Crippen LogP contribution in [0.1, 0.15) is 62.4 Å². The molecule has 0 heterocycles. The van der Waals surface area contributed by atoms with E-state index in [2.05, 4.69) is 186 Å². The summed E-state index contributed by atoms with van der Waals surface area (Å²) in [5.41, 5.74) is 20.0. The van der Waals surface area contributed by atoms with Crippen LogP contribution in [-0.2, 0) is 17.3 Å². The van der Waals surface area contributed by atoms with Crippen LogP contribution in [0.2, 0.25) is 0 Å². The molecule has 52 heavy (non-hydrogen) atoms. The Labute approximate surface area is 307 Å². The van der Waals surface area contributed by atoms with Crippen LogP contribution in [0, 0.1) is 0 Å². The maximum atomic E-state index is 2.49. The van der Waals surface area contributed by atoms with Crippen molar-refractivity contribution < 1.29 is 0 Å². The summed E-state index contributed by atoms with van der Waals surface area (Å²) < 4.78 is 0. The van der Waals surface area contributed by atoms with Crippen LogP contribution in [0.3, 0.4) is 0 Å². The van der Waals surface area contributed by atoms with E-state index < -0.39 is 0 Å². The summed E-state index contributed by atoms with van der Waals surface area (Å²) >= 11 is 0. The molecule has 0 N–H and O–H groups in total. The molecule has 0 saturated carbocycles. The van der Waals surface area contributed by atoms with Gasteiger partial charge in [-0.3, -0.25) is 0 Å². The minimum Gasteiger partial charge on any atom is -0.0619 e. The van der Waals surface area contributed by atoms with Gasteiger partial charge in [-0.15, -0.1) is 0 Å². The minimum atomic E-state index is -0.143. The van der Waals surface area contributed by atoms with Crippen molar-refractivity contribution in [3.05, 3.63) is 179 Å². The molecule has 0 aliphatic heterocycles. The van der Waals surface area contributed by atoms with Gasteiger partial charge in [0.25, 0.3) is 0 Å². The van der Waals surface area contributed by atoms with Gasteiger partial charge in [-0.25, -0.2) is 0 Å². The molecule has 0 unspecified atom stereocenters. The summed E-state index contributed by atoms with van der Waals surface area (Å²) in [7, 11) is 0. The van der Waals surface area contributed by atoms with E-state index in [0.29, 0.717) is 0 Å². The smallest absolute Gasteiger partial charge is 0.0159 e. The van der Waals surface area contributed by atoms with Crippen LogP contribution in [0.4, 0.5) is 0 Å². The van der Waals surface area contributed by atoms with Crippen LogP contribution in [0.25, 0.3) is 77.2 Å². The van der Waals surface area contributed by atoms with E-state index in [1.165, 1.54) is 105 Å². The molecule has 0 nitrogen and oxygen atoms in total. The number of hydrogen-bond donors (Lipinski definition) is 0. The van der Waals surface area contributed by atoms with Crippen molar-refractivity contribution in [3.8, 4) is 55.6 Å². The molecular formula is C52H42. The number of fused-ring (bicyclic) bond motifs is 8. The fourth-order valence-electron chi connectivity index (χ4n) is 9.61. The molecule has 8 aromatic rings. The molecule has 2 aliphatic carbocycles. The van der Waals surface area contributed by atoms with E-state index in [9.17, 15) is 0 Å². The maximum absolute atomic E-state index is 2.49. The largest absolute Gasteiger partial charge is 0.0619 e. The molecule has 0 spiro atoms. The summed E-state index contributed by atoms with van der Waals surface area (Å²) in [6, 6.07) is 57.6. The first-order valence-corrected chi connectivity index (χ1v) is 18.8. The zero-order valence-corrected chi connectivity index (χ0v) is 30.6. The summed E-state index contributed by atoms with van der Waals surface area (Å²) in [6.45, 7) is 11.8. The van der Waals surface area contributed by atoms with Crippen LogP contribution in [-0.4, -0.2) is 0 Å². The van der Waals surface area contributed by atoms with Crippen molar-refractivity contribution >= 4 is 21.5 Å². The summed E-state index contributed by atoms with van der Waals surface area (Å²) in [6.07, 6.45) is 1.04. The standard InChI is InChI=1S/C52H42/c1-6-32-19-21-33(22-20-32)49-41-14-7-9-16-43(41)50(44-17-10-8-15-42(44)49)36-25-28-40-39-27-24-35(30-47(39)52(4,5)48(40)31-36)34-23-26-38-37-13-11-12-18-45(37)51(2,3)46(38)29-34/h7-31H,6H2,1-5H3. The zero-order valence-electron chi connectivity index (χ0n) is 30.6. The topological polar surface area (TPSA) is 0 Å². The van der Waals surface area contributed by atoms with Gasteiger partial charge in [-0.1, -0.05) is 168 Å². The van der Waals surface area contributed by atoms with Crippen molar-refractivity contribution in [3.63, 3.8) is 0 Å². The Morgan fingerprint density at radius 2 is 0.712 bits per heavy atom. The van der Waals surface area contributed by atoms with Gasteiger partial charge in [-0.2, -0.15) is 0 Å². The predicted octanol–water partition coefficient (Wildman–Crippen LogP) is 14.2. The zero-order chi connectivity index (χ0) is 35.4. The lowest BCUT2D eigenvalue weighted by Crippen LogP contribution is -2.15. The highest BCUT2D eigenvalue weighted by atomic mass is 14.4. The van der Waals surface area contributed by atoms with E-state index in [0.717, 1.165) is 6.42 Å². The molecule has 0 atom stereocenters. The maximum Gasteiger partial charge on any atom is 0.0159 e. The fourth-order valence-corrected chi connectivity index (χ4v) is 9.61. The van der Waals surface area contributed by atoms with Gasteiger partial charge in [-0.05, 0) is 130 Å². The summed E-state index contributed by atoms with van der Waals surface area (Å²) in [5, 5.41) is 5.20. The molecule has 0 radical (unpaired) electrons. The second-order valence-corrected chi connectivity index (χ2v) is 16.0. The second-order valence-electron chi connectivity index (χ2n) is 16.0. The van der Waals surface area contributed by atoms with E-state index in [1.807, 2.05) is 0 Å². The van der Waals surface area contributed by atoms with Gasteiger partial charge < -0.3 is 0 Å². The average Bonchev–Trinajstić information content (AvgIpc) is 3.55. The van der Waals surface area contributed by atoms with Gasteiger partial charge in [0, 0.05) is 10.8 Å². The van der Waals surface area contributed by atoms with Gasteiger partial charge in [0.1, 0.15) is 0 Å². The van der Waals surface area contributed by atoms with Gasteiger partial charge >= 0.3 is 0 Å². The van der Waals surface area contributed by atoms with Crippen LogP contribution in [0.15, 0.2) is 152 Å². The van der Waals surface area contributed by atoms with Crippen molar-refractivity contribution in [2.24, 2.45) is 0 Å². The molecule has 10 rings (SSSR count). The summed E-state index contributed by atoms with van der Waals surface area (Å²) in [5.74, 6) is 0. The number of benzene rings is 8. The molecule has 2 aliphatic rings. The molecule has 250 valence electrons. The molecular weight excluding hydrogens is 625 g/mol. The monoisotopic (exact) mass is 666 g/mol. The second kappa shape index (κ2) is 11.1. The number of rotatable bonds is 4. The van der Waals surface area contributed by atoms with Crippen LogP contribution in [0.5, 0.6) is 0 Å². The predicted molar refractivity (Wildman–Crippen MR) is 222 cm³/mol. The minimum absolute atomic E-state index is 0.0171. The molecule has 0 fully saturated rings. The first-order valence-electron chi connectivity index (χ1n) is 18.8.